The van der Waals surface area contributed by atoms with E-state index in [1.807, 2.05) is 0 Å². The third-order valence-electron chi connectivity index (χ3n) is 19.7. The van der Waals surface area contributed by atoms with Crippen LogP contribution in [0.5, 0.6) is 0 Å². The van der Waals surface area contributed by atoms with E-state index in [0.29, 0.717) is 0 Å². The molecule has 17 rings (SSSR count). The van der Waals surface area contributed by atoms with Crippen molar-refractivity contribution in [2.45, 2.75) is 38.5 Å². The topological polar surface area (TPSA) is 6.48 Å². The first-order chi connectivity index (χ1) is 44.0. The number of rotatable bonds is 10. The lowest BCUT2D eigenvalue weighted by Gasteiger charge is -2.28. The molecule has 90 heavy (non-hydrogen) atoms. The van der Waals surface area contributed by atoms with E-state index in [2.05, 4.69) is 353 Å². The molecule has 2 aliphatic rings. The van der Waals surface area contributed by atoms with E-state index < -0.39 is 0 Å². The highest BCUT2D eigenvalue weighted by atomic mass is 15.1. The van der Waals surface area contributed by atoms with Gasteiger partial charge in [0.05, 0.1) is 0 Å². The normalized spacial score (nSPS) is 13.6. The summed E-state index contributed by atoms with van der Waals surface area (Å²) in [5, 5.41) is 14.8. The van der Waals surface area contributed by atoms with Crippen LogP contribution >= 0.6 is 0 Å². The van der Waals surface area contributed by atoms with Gasteiger partial charge < -0.3 is 9.80 Å². The molecule has 0 heterocycles. The number of nitrogens with zero attached hydrogens (tertiary/aromatic N) is 2. The van der Waals surface area contributed by atoms with Crippen LogP contribution in [0.3, 0.4) is 0 Å². The second-order valence-electron chi connectivity index (χ2n) is 25.8. The van der Waals surface area contributed by atoms with Gasteiger partial charge in [-0.1, -0.05) is 258 Å². The second-order valence-corrected chi connectivity index (χ2v) is 25.8. The van der Waals surface area contributed by atoms with Crippen molar-refractivity contribution in [2.75, 3.05) is 9.80 Å². The molecule has 0 saturated heterocycles. The highest BCUT2D eigenvalue weighted by molar-refractivity contribution is 6.09. The zero-order valence-corrected chi connectivity index (χ0v) is 50.9. The fourth-order valence-corrected chi connectivity index (χ4v) is 14.8. The molecule has 0 N–H and O–H groups in total. The molecule has 15 aromatic carbocycles. The minimum absolute atomic E-state index is 0.204. The largest absolute Gasteiger partial charge is 0.310 e. The van der Waals surface area contributed by atoms with Gasteiger partial charge >= 0.3 is 0 Å². The van der Waals surface area contributed by atoms with Gasteiger partial charge in [-0.15, -0.1) is 0 Å². The van der Waals surface area contributed by atoms with Crippen molar-refractivity contribution in [1.29, 1.82) is 0 Å². The van der Waals surface area contributed by atoms with Crippen LogP contribution in [0.4, 0.5) is 34.1 Å². The molecule has 0 aromatic heterocycles. The Morgan fingerprint density at radius 1 is 0.211 bits per heavy atom. The minimum Gasteiger partial charge on any atom is -0.310 e. The molecule has 0 spiro atoms. The van der Waals surface area contributed by atoms with E-state index in [1.165, 1.54) is 131 Å². The Balaban J connectivity index is 0.613. The zero-order valence-electron chi connectivity index (χ0n) is 50.9. The molecule has 0 unspecified atom stereocenters. The number of fused-ring (bicyclic) bond motifs is 13. The smallest absolute Gasteiger partial charge is 0.0468 e. The molecule has 2 nitrogen and oxygen atoms in total. The summed E-state index contributed by atoms with van der Waals surface area (Å²) in [4.78, 5) is 4.85. The van der Waals surface area contributed by atoms with Gasteiger partial charge in [0.1, 0.15) is 0 Å². The van der Waals surface area contributed by atoms with Crippen molar-refractivity contribution in [3.05, 3.63) is 336 Å². The van der Waals surface area contributed by atoms with Crippen LogP contribution in [0.25, 0.3) is 111 Å². The maximum atomic E-state index is 2.43. The van der Waals surface area contributed by atoms with E-state index in [1.54, 1.807) is 0 Å². The van der Waals surface area contributed by atoms with Crippen LogP contribution in [0.15, 0.2) is 291 Å². The molecule has 0 saturated carbocycles. The number of anilines is 6. The third kappa shape index (κ3) is 9.01. The summed E-state index contributed by atoms with van der Waals surface area (Å²) in [5.74, 6) is 0. The summed E-state index contributed by atoms with van der Waals surface area (Å²) >= 11 is 0. The van der Waals surface area contributed by atoms with Gasteiger partial charge in [0, 0.05) is 45.0 Å². The predicted molar refractivity (Wildman–Crippen MR) is 387 cm³/mol. The number of benzene rings is 15. The fourth-order valence-electron chi connectivity index (χ4n) is 14.8. The molecular formula is C88H64N2. The SMILES string of the molecule is CC1(C)c2cc(/C=C/c3ccc4c(ccc5cc(/C=C/c6ccc7c(c6)C(C)(C)c6cc(N(c8ccc9ccccc9c8)c8ccc9ccccc9c8)ccc6-7)ccc54)c3)ccc2-c2ccc(N(c3ccc4ccccc4c3)c3ccc4ccccc4c3)cc21. The molecule has 0 fully saturated rings. The highest BCUT2D eigenvalue weighted by Gasteiger charge is 2.38. The van der Waals surface area contributed by atoms with Crippen molar-refractivity contribution in [2.24, 2.45) is 0 Å². The number of hydrogen-bond donors (Lipinski definition) is 0. The monoisotopic (exact) mass is 1150 g/mol. The Bertz CT molecular complexity index is 5020. The van der Waals surface area contributed by atoms with Crippen molar-refractivity contribution in [1.82, 2.24) is 0 Å². The summed E-state index contributed by atoms with van der Waals surface area (Å²) in [6.45, 7) is 9.54. The molecule has 0 aliphatic heterocycles. The molecular weight excluding hydrogens is 1080 g/mol. The predicted octanol–water partition coefficient (Wildman–Crippen LogP) is 24.5. The lowest BCUT2D eigenvalue weighted by Crippen LogP contribution is -2.16. The van der Waals surface area contributed by atoms with E-state index in [9.17, 15) is 0 Å². The van der Waals surface area contributed by atoms with Gasteiger partial charge in [-0.3, -0.25) is 0 Å². The second kappa shape index (κ2) is 20.8. The van der Waals surface area contributed by atoms with Crippen LogP contribution in [-0.2, 0) is 10.8 Å². The maximum Gasteiger partial charge on any atom is 0.0468 e. The van der Waals surface area contributed by atoms with Gasteiger partial charge in [-0.05, 0) is 216 Å². The Labute approximate surface area is 526 Å². The maximum absolute atomic E-state index is 2.43. The highest BCUT2D eigenvalue weighted by Crippen LogP contribution is 2.53. The van der Waals surface area contributed by atoms with Gasteiger partial charge in [-0.2, -0.15) is 0 Å². The Morgan fingerprint density at radius 3 is 0.789 bits per heavy atom. The van der Waals surface area contributed by atoms with Crippen LogP contribution in [-0.4, -0.2) is 0 Å². The first-order valence-corrected chi connectivity index (χ1v) is 31.5. The molecule has 426 valence electrons. The lowest BCUT2D eigenvalue weighted by atomic mass is 9.81. The van der Waals surface area contributed by atoms with E-state index in [4.69, 9.17) is 0 Å². The van der Waals surface area contributed by atoms with E-state index in [0.717, 1.165) is 34.1 Å². The van der Waals surface area contributed by atoms with Gasteiger partial charge in [-0.25, -0.2) is 0 Å². The molecule has 2 aliphatic carbocycles. The van der Waals surface area contributed by atoms with Gasteiger partial charge in [0.25, 0.3) is 0 Å². The van der Waals surface area contributed by atoms with Crippen molar-refractivity contribution >= 4 is 123 Å². The standard InChI is InChI=1S/C88H64N2/c1-87(2)83-49-59(27-43-79(83)81-45-39-75(55-85(81)87)89(71-35-31-61-13-5-9-17-65(61)51-71)72-36-32-62-14-6-10-18-66(62)52-72)23-21-57-25-41-77-69(47-57)29-30-70-48-58(26-42-78(70)77)22-24-60-28-44-80-82-46-40-76(56-86(82)88(3,4)84(80)50-60)90(73-37-33-63-15-7-11-19-67(63)53-73)74-38-34-64-16-8-12-20-68(64)54-74/h5-56H,1-4H3/b23-21+,24-22+. The zero-order chi connectivity index (χ0) is 60.2. The van der Waals surface area contributed by atoms with Crippen LogP contribution < -0.4 is 9.80 Å². The molecule has 0 radical (unpaired) electrons. The fraction of sp³-hybridized carbons (Fsp3) is 0.0682. The molecule has 0 amide bonds. The average molecular weight is 1150 g/mol. The summed E-state index contributed by atoms with van der Waals surface area (Å²) in [5.41, 5.74) is 21.8. The first-order valence-electron chi connectivity index (χ1n) is 31.5. The summed E-state index contributed by atoms with van der Waals surface area (Å²) in [7, 11) is 0. The van der Waals surface area contributed by atoms with E-state index in [-0.39, 0.29) is 10.8 Å². The molecule has 0 bridgehead atoms. The minimum atomic E-state index is -0.204. The van der Waals surface area contributed by atoms with Crippen LogP contribution in [0.2, 0.25) is 0 Å². The quantitative estimate of drug-likeness (QED) is 0.0995. The average Bonchev–Trinajstić information content (AvgIpc) is 1.59. The van der Waals surface area contributed by atoms with E-state index >= 15 is 0 Å². The third-order valence-corrected chi connectivity index (χ3v) is 19.7. The summed E-state index contributed by atoms with van der Waals surface area (Å²) < 4.78 is 0. The Morgan fingerprint density at radius 2 is 0.456 bits per heavy atom. The Hall–Kier alpha value is -11.1. The Kier molecular flexibility index (Phi) is 12.3. The van der Waals surface area contributed by atoms with Crippen LogP contribution in [0, 0.1) is 0 Å². The molecule has 0 atom stereocenters. The van der Waals surface area contributed by atoms with Gasteiger partial charge in [0.2, 0.25) is 0 Å². The van der Waals surface area contributed by atoms with Crippen molar-refractivity contribution in [3.8, 4) is 22.3 Å². The van der Waals surface area contributed by atoms with Crippen molar-refractivity contribution < 1.29 is 0 Å². The summed E-state index contributed by atoms with van der Waals surface area (Å²) in [6.07, 6.45) is 9.08. The summed E-state index contributed by atoms with van der Waals surface area (Å²) in [6, 6.07) is 108. The molecule has 15 aromatic rings. The lowest BCUT2D eigenvalue weighted by molar-refractivity contribution is 0.660. The molecule has 2 heteroatoms. The van der Waals surface area contributed by atoms with Gasteiger partial charge in [0.15, 0.2) is 0 Å². The van der Waals surface area contributed by atoms with Crippen LogP contribution in [0.1, 0.15) is 72.2 Å². The van der Waals surface area contributed by atoms with Crippen molar-refractivity contribution in [3.63, 3.8) is 0 Å². The first kappa shape index (κ1) is 53.2. The number of hydrogen-bond acceptors (Lipinski definition) is 2.